The van der Waals surface area contributed by atoms with Crippen molar-refractivity contribution >= 4 is 11.8 Å². The molecule has 0 aliphatic heterocycles. The van der Waals surface area contributed by atoms with Crippen LogP contribution in [0.25, 0.3) is 0 Å². The monoisotopic (exact) mass is 250 g/mol. The third kappa shape index (κ3) is 2.80. The topological polar surface area (TPSA) is 82.5 Å². The molecule has 0 aromatic carbocycles. The van der Waals surface area contributed by atoms with Gasteiger partial charge in [0.05, 0.1) is 17.9 Å². The van der Waals surface area contributed by atoms with Crippen LogP contribution in [0, 0.1) is 6.92 Å². The van der Waals surface area contributed by atoms with E-state index in [1.807, 2.05) is 18.5 Å². The zero-order chi connectivity index (χ0) is 12.3. The lowest BCUT2D eigenvalue weighted by Crippen LogP contribution is -2.05. The Bertz CT molecular complexity index is 492. The fourth-order valence-electron chi connectivity index (χ4n) is 1.28. The standard InChI is InChI=1S/C10H14N6S/c1-7-4-13-8(5-12-7)6-17-10-15-14-9(3-11)16(10)2/h4-5H,3,6,11H2,1-2H3. The number of nitrogens with zero attached hydrogens (tertiary/aromatic N) is 5. The van der Waals surface area contributed by atoms with Gasteiger partial charge in [0.15, 0.2) is 5.16 Å². The van der Waals surface area contributed by atoms with Gasteiger partial charge in [-0.15, -0.1) is 10.2 Å². The van der Waals surface area contributed by atoms with Gasteiger partial charge in [0.2, 0.25) is 0 Å². The Morgan fingerprint density at radius 3 is 2.71 bits per heavy atom. The molecule has 0 spiro atoms. The van der Waals surface area contributed by atoms with Crippen LogP contribution < -0.4 is 5.73 Å². The van der Waals surface area contributed by atoms with Crippen LogP contribution in [-0.4, -0.2) is 24.7 Å². The van der Waals surface area contributed by atoms with Crippen molar-refractivity contribution in [1.82, 2.24) is 24.7 Å². The van der Waals surface area contributed by atoms with Crippen LogP contribution in [0.15, 0.2) is 17.6 Å². The van der Waals surface area contributed by atoms with E-state index in [2.05, 4.69) is 20.2 Å². The van der Waals surface area contributed by atoms with E-state index in [0.29, 0.717) is 6.54 Å². The zero-order valence-electron chi connectivity index (χ0n) is 9.79. The zero-order valence-corrected chi connectivity index (χ0v) is 10.6. The third-order valence-electron chi connectivity index (χ3n) is 2.29. The summed E-state index contributed by atoms with van der Waals surface area (Å²) >= 11 is 1.57. The summed E-state index contributed by atoms with van der Waals surface area (Å²) in [5, 5.41) is 8.90. The first kappa shape index (κ1) is 12.0. The van der Waals surface area contributed by atoms with Crippen molar-refractivity contribution in [1.29, 1.82) is 0 Å². The van der Waals surface area contributed by atoms with Crippen molar-refractivity contribution in [2.75, 3.05) is 0 Å². The van der Waals surface area contributed by atoms with Gasteiger partial charge >= 0.3 is 0 Å². The van der Waals surface area contributed by atoms with Crippen molar-refractivity contribution in [3.8, 4) is 0 Å². The summed E-state index contributed by atoms with van der Waals surface area (Å²) in [6, 6.07) is 0. The molecule has 0 fully saturated rings. The molecule has 2 N–H and O–H groups in total. The Balaban J connectivity index is 2.02. The second kappa shape index (κ2) is 5.24. The predicted octanol–water partition coefficient (Wildman–Crippen LogP) is 0.665. The molecule has 7 heteroatoms. The molecule has 0 saturated carbocycles. The molecule has 0 aliphatic carbocycles. The smallest absolute Gasteiger partial charge is 0.191 e. The first-order chi connectivity index (χ1) is 8.20. The molecule has 2 rings (SSSR count). The maximum atomic E-state index is 5.53. The van der Waals surface area contributed by atoms with E-state index in [4.69, 9.17) is 5.73 Å². The van der Waals surface area contributed by atoms with Crippen LogP contribution in [0.1, 0.15) is 17.2 Å². The first-order valence-electron chi connectivity index (χ1n) is 5.19. The number of hydrogen-bond donors (Lipinski definition) is 1. The summed E-state index contributed by atoms with van der Waals surface area (Å²) in [6.07, 6.45) is 3.54. The molecule has 17 heavy (non-hydrogen) atoms. The summed E-state index contributed by atoms with van der Waals surface area (Å²) in [4.78, 5) is 8.48. The van der Waals surface area contributed by atoms with Crippen molar-refractivity contribution in [3.63, 3.8) is 0 Å². The van der Waals surface area contributed by atoms with Gasteiger partial charge in [-0.2, -0.15) is 0 Å². The first-order valence-corrected chi connectivity index (χ1v) is 6.18. The highest BCUT2D eigenvalue weighted by Gasteiger charge is 2.08. The van der Waals surface area contributed by atoms with Crippen LogP contribution in [0.3, 0.4) is 0 Å². The molecule has 2 aromatic rings. The molecule has 0 radical (unpaired) electrons. The molecular weight excluding hydrogens is 236 g/mol. The van der Waals surface area contributed by atoms with Crippen LogP contribution in [0.2, 0.25) is 0 Å². The van der Waals surface area contributed by atoms with Gasteiger partial charge in [0, 0.05) is 25.2 Å². The fourth-order valence-corrected chi connectivity index (χ4v) is 2.10. The van der Waals surface area contributed by atoms with Gasteiger partial charge in [-0.3, -0.25) is 9.97 Å². The minimum absolute atomic E-state index is 0.397. The molecule has 6 nitrogen and oxygen atoms in total. The average molecular weight is 250 g/mol. The quantitative estimate of drug-likeness (QED) is 0.803. The molecule has 0 saturated heterocycles. The van der Waals surface area contributed by atoms with Crippen LogP contribution in [0.5, 0.6) is 0 Å². The van der Waals surface area contributed by atoms with Gasteiger partial charge in [0.1, 0.15) is 5.82 Å². The van der Waals surface area contributed by atoms with E-state index < -0.39 is 0 Å². The van der Waals surface area contributed by atoms with Crippen LogP contribution >= 0.6 is 11.8 Å². The Hall–Kier alpha value is -1.47. The van der Waals surface area contributed by atoms with E-state index >= 15 is 0 Å². The molecule has 2 aromatic heterocycles. The highest BCUT2D eigenvalue weighted by molar-refractivity contribution is 7.98. The molecule has 0 unspecified atom stereocenters. The Morgan fingerprint density at radius 2 is 2.12 bits per heavy atom. The average Bonchev–Trinajstić information content (AvgIpc) is 2.69. The fraction of sp³-hybridized carbons (Fsp3) is 0.400. The number of rotatable bonds is 4. The number of aromatic nitrogens is 5. The minimum Gasteiger partial charge on any atom is -0.324 e. The highest BCUT2D eigenvalue weighted by Crippen LogP contribution is 2.19. The van der Waals surface area contributed by atoms with Crippen molar-refractivity contribution in [2.45, 2.75) is 24.4 Å². The maximum Gasteiger partial charge on any atom is 0.191 e. The van der Waals surface area contributed by atoms with Crippen LogP contribution in [-0.2, 0) is 19.3 Å². The number of hydrogen-bond acceptors (Lipinski definition) is 6. The Labute approximate surface area is 104 Å². The van der Waals surface area contributed by atoms with E-state index in [9.17, 15) is 0 Å². The number of thioether (sulfide) groups is 1. The largest absolute Gasteiger partial charge is 0.324 e. The van der Waals surface area contributed by atoms with E-state index in [0.717, 1.165) is 28.1 Å². The molecule has 90 valence electrons. The Kier molecular flexibility index (Phi) is 3.70. The van der Waals surface area contributed by atoms with E-state index in [1.54, 1.807) is 24.2 Å². The summed E-state index contributed by atoms with van der Waals surface area (Å²) in [6.45, 7) is 2.31. The van der Waals surface area contributed by atoms with Crippen molar-refractivity contribution in [3.05, 3.63) is 29.6 Å². The number of aryl methyl sites for hydroxylation is 1. The second-order valence-corrected chi connectivity index (χ2v) is 4.54. The summed E-state index contributed by atoms with van der Waals surface area (Å²) in [5.41, 5.74) is 7.38. The third-order valence-corrected chi connectivity index (χ3v) is 3.35. The van der Waals surface area contributed by atoms with Gasteiger partial charge in [-0.05, 0) is 6.92 Å². The van der Waals surface area contributed by atoms with Gasteiger partial charge in [-0.1, -0.05) is 11.8 Å². The summed E-state index contributed by atoms with van der Waals surface area (Å²) in [7, 11) is 1.91. The SMILES string of the molecule is Cc1cnc(CSc2nnc(CN)n2C)cn1. The summed E-state index contributed by atoms with van der Waals surface area (Å²) < 4.78 is 1.90. The number of nitrogens with two attached hydrogens (primary N) is 1. The molecule has 2 heterocycles. The lowest BCUT2D eigenvalue weighted by Gasteiger charge is -2.02. The molecule has 0 aliphatic rings. The molecule has 0 amide bonds. The lowest BCUT2D eigenvalue weighted by molar-refractivity contribution is 0.734. The van der Waals surface area contributed by atoms with Crippen molar-refractivity contribution in [2.24, 2.45) is 12.8 Å². The van der Waals surface area contributed by atoms with Crippen molar-refractivity contribution < 1.29 is 0 Å². The van der Waals surface area contributed by atoms with Crippen LogP contribution in [0.4, 0.5) is 0 Å². The normalized spacial score (nSPS) is 10.8. The van der Waals surface area contributed by atoms with E-state index in [1.165, 1.54) is 0 Å². The highest BCUT2D eigenvalue weighted by atomic mass is 32.2. The van der Waals surface area contributed by atoms with Gasteiger partial charge in [0.25, 0.3) is 0 Å². The molecule has 0 atom stereocenters. The van der Waals surface area contributed by atoms with E-state index in [-0.39, 0.29) is 0 Å². The Morgan fingerprint density at radius 1 is 1.29 bits per heavy atom. The molecular formula is C10H14N6S. The maximum absolute atomic E-state index is 5.53. The van der Waals surface area contributed by atoms with Gasteiger partial charge < -0.3 is 10.3 Å². The minimum atomic E-state index is 0.397. The second-order valence-electron chi connectivity index (χ2n) is 3.60. The predicted molar refractivity (Wildman–Crippen MR) is 65.2 cm³/mol. The summed E-state index contributed by atoms with van der Waals surface area (Å²) in [5.74, 6) is 1.51. The lowest BCUT2D eigenvalue weighted by atomic mass is 10.4. The van der Waals surface area contributed by atoms with Gasteiger partial charge in [-0.25, -0.2) is 0 Å². The molecule has 0 bridgehead atoms.